The molecule has 6 heteroatoms. The van der Waals surface area contributed by atoms with Crippen molar-refractivity contribution in [3.8, 4) is 11.5 Å². The molecule has 0 saturated carbocycles. The Hall–Kier alpha value is -1.34. The minimum absolute atomic E-state index is 0.143. The SMILES string of the molecule is COc1cc(CN(C)CCO)ccc1OC[C@@H](O)CN1CCCCCC1. The summed E-state index contributed by atoms with van der Waals surface area (Å²) in [4.78, 5) is 4.37. The van der Waals surface area contributed by atoms with Crippen LogP contribution in [-0.4, -0.2) is 79.7 Å². The van der Waals surface area contributed by atoms with Gasteiger partial charge in [0.25, 0.3) is 0 Å². The highest BCUT2D eigenvalue weighted by molar-refractivity contribution is 5.43. The van der Waals surface area contributed by atoms with Crippen molar-refractivity contribution in [2.45, 2.75) is 38.3 Å². The lowest BCUT2D eigenvalue weighted by atomic mass is 10.2. The number of methoxy groups -OCH3 is 1. The third kappa shape index (κ3) is 7.11. The number of likely N-dealkylation sites (tertiary alicyclic amines) is 1. The smallest absolute Gasteiger partial charge is 0.161 e. The molecule has 0 spiro atoms. The number of aliphatic hydroxyl groups excluding tert-OH is 2. The molecule has 0 bridgehead atoms. The van der Waals surface area contributed by atoms with E-state index in [2.05, 4.69) is 4.90 Å². The van der Waals surface area contributed by atoms with E-state index in [1.807, 2.05) is 30.1 Å². The van der Waals surface area contributed by atoms with E-state index in [-0.39, 0.29) is 13.2 Å². The highest BCUT2D eigenvalue weighted by atomic mass is 16.5. The fraction of sp³-hybridized carbons (Fsp3) is 0.700. The summed E-state index contributed by atoms with van der Waals surface area (Å²) in [6.45, 7) is 4.55. The van der Waals surface area contributed by atoms with Crippen molar-refractivity contribution in [2.24, 2.45) is 0 Å². The van der Waals surface area contributed by atoms with Gasteiger partial charge in [0.15, 0.2) is 11.5 Å². The molecule has 0 aromatic heterocycles. The number of benzene rings is 1. The van der Waals surface area contributed by atoms with Gasteiger partial charge in [0, 0.05) is 19.6 Å². The molecule has 0 unspecified atom stereocenters. The molecule has 1 atom stereocenters. The van der Waals surface area contributed by atoms with E-state index in [9.17, 15) is 5.11 Å². The molecular formula is C20H34N2O4. The van der Waals surface area contributed by atoms with Crippen molar-refractivity contribution >= 4 is 0 Å². The molecule has 1 saturated heterocycles. The second-order valence-electron chi connectivity index (χ2n) is 7.13. The maximum Gasteiger partial charge on any atom is 0.161 e. The Labute approximate surface area is 157 Å². The van der Waals surface area contributed by atoms with Gasteiger partial charge in [0.05, 0.1) is 13.7 Å². The number of ether oxygens (including phenoxy) is 2. The molecule has 0 radical (unpaired) electrons. The third-order valence-corrected chi connectivity index (χ3v) is 4.76. The Bertz CT molecular complexity index is 519. The Morgan fingerprint density at radius 1 is 1.15 bits per heavy atom. The van der Waals surface area contributed by atoms with Gasteiger partial charge >= 0.3 is 0 Å². The van der Waals surface area contributed by atoms with Crippen molar-refractivity contribution < 1.29 is 19.7 Å². The van der Waals surface area contributed by atoms with Crippen LogP contribution in [0.5, 0.6) is 11.5 Å². The normalized spacial score (nSPS) is 17.1. The van der Waals surface area contributed by atoms with Gasteiger partial charge in [-0.3, -0.25) is 4.90 Å². The molecule has 2 rings (SSSR count). The van der Waals surface area contributed by atoms with E-state index in [1.54, 1.807) is 7.11 Å². The fourth-order valence-corrected chi connectivity index (χ4v) is 3.35. The summed E-state index contributed by atoms with van der Waals surface area (Å²) in [7, 11) is 3.59. The highest BCUT2D eigenvalue weighted by Gasteiger charge is 2.15. The third-order valence-electron chi connectivity index (χ3n) is 4.76. The van der Waals surface area contributed by atoms with E-state index in [4.69, 9.17) is 14.6 Å². The van der Waals surface area contributed by atoms with Gasteiger partial charge in [-0.05, 0) is 50.7 Å². The molecule has 1 heterocycles. The number of rotatable bonds is 10. The zero-order valence-electron chi connectivity index (χ0n) is 16.2. The van der Waals surface area contributed by atoms with E-state index in [0.717, 1.165) is 25.2 Å². The van der Waals surface area contributed by atoms with Crippen LogP contribution >= 0.6 is 0 Å². The summed E-state index contributed by atoms with van der Waals surface area (Å²) in [5.41, 5.74) is 1.09. The number of hydrogen-bond donors (Lipinski definition) is 2. The molecule has 1 aliphatic rings. The monoisotopic (exact) mass is 366 g/mol. The molecule has 1 aromatic rings. The van der Waals surface area contributed by atoms with Crippen molar-refractivity contribution in [1.82, 2.24) is 9.80 Å². The number of likely N-dealkylation sites (N-methyl/N-ethyl adjacent to an activating group) is 1. The van der Waals surface area contributed by atoms with Crippen molar-refractivity contribution in [3.63, 3.8) is 0 Å². The predicted octanol–water partition coefficient (Wildman–Crippen LogP) is 1.74. The van der Waals surface area contributed by atoms with Gasteiger partial charge in [0.2, 0.25) is 0 Å². The molecule has 26 heavy (non-hydrogen) atoms. The maximum absolute atomic E-state index is 10.3. The van der Waals surface area contributed by atoms with Gasteiger partial charge in [-0.1, -0.05) is 18.9 Å². The molecule has 1 aliphatic heterocycles. The largest absolute Gasteiger partial charge is 0.493 e. The zero-order chi connectivity index (χ0) is 18.8. The lowest BCUT2D eigenvalue weighted by molar-refractivity contribution is 0.0683. The molecule has 6 nitrogen and oxygen atoms in total. The second-order valence-corrected chi connectivity index (χ2v) is 7.13. The topological polar surface area (TPSA) is 65.4 Å². The molecule has 0 aliphatic carbocycles. The summed E-state index contributed by atoms with van der Waals surface area (Å²) in [5.74, 6) is 1.32. The van der Waals surface area contributed by atoms with Crippen LogP contribution in [0.25, 0.3) is 0 Å². The van der Waals surface area contributed by atoms with Gasteiger partial charge < -0.3 is 24.6 Å². The number of nitrogens with zero attached hydrogens (tertiary/aromatic N) is 2. The fourth-order valence-electron chi connectivity index (χ4n) is 3.35. The van der Waals surface area contributed by atoms with Crippen LogP contribution < -0.4 is 9.47 Å². The first-order valence-electron chi connectivity index (χ1n) is 9.62. The molecule has 0 amide bonds. The number of hydrogen-bond acceptors (Lipinski definition) is 6. The van der Waals surface area contributed by atoms with E-state index >= 15 is 0 Å². The summed E-state index contributed by atoms with van der Waals surface area (Å²) in [6.07, 6.45) is 4.51. The lowest BCUT2D eigenvalue weighted by Crippen LogP contribution is -2.36. The van der Waals surface area contributed by atoms with Crippen LogP contribution in [-0.2, 0) is 6.54 Å². The van der Waals surface area contributed by atoms with Crippen LogP contribution in [0.4, 0.5) is 0 Å². The van der Waals surface area contributed by atoms with E-state index < -0.39 is 6.10 Å². The van der Waals surface area contributed by atoms with Gasteiger partial charge in [-0.25, -0.2) is 0 Å². The Balaban J connectivity index is 1.85. The second kappa shape index (κ2) is 11.4. The zero-order valence-corrected chi connectivity index (χ0v) is 16.2. The maximum atomic E-state index is 10.3. The highest BCUT2D eigenvalue weighted by Crippen LogP contribution is 2.28. The average Bonchev–Trinajstić information content (AvgIpc) is 2.89. The van der Waals surface area contributed by atoms with Crippen LogP contribution in [0.1, 0.15) is 31.2 Å². The van der Waals surface area contributed by atoms with E-state index in [1.165, 1.54) is 25.7 Å². The van der Waals surface area contributed by atoms with Crippen LogP contribution in [0, 0.1) is 0 Å². The van der Waals surface area contributed by atoms with Crippen LogP contribution in [0.3, 0.4) is 0 Å². The minimum Gasteiger partial charge on any atom is -0.493 e. The molecule has 148 valence electrons. The minimum atomic E-state index is -0.506. The summed E-state index contributed by atoms with van der Waals surface area (Å²) in [5, 5.41) is 19.3. The molecule has 1 fully saturated rings. The summed E-state index contributed by atoms with van der Waals surface area (Å²) in [6, 6.07) is 5.83. The summed E-state index contributed by atoms with van der Waals surface area (Å²) >= 11 is 0. The molecule has 1 aromatic carbocycles. The summed E-state index contributed by atoms with van der Waals surface area (Å²) < 4.78 is 11.3. The Morgan fingerprint density at radius 3 is 2.54 bits per heavy atom. The van der Waals surface area contributed by atoms with Crippen molar-refractivity contribution in [2.75, 3.05) is 53.6 Å². The molecule has 2 N–H and O–H groups in total. The lowest BCUT2D eigenvalue weighted by Gasteiger charge is -2.23. The quantitative estimate of drug-likeness (QED) is 0.658. The van der Waals surface area contributed by atoms with E-state index in [0.29, 0.717) is 24.6 Å². The van der Waals surface area contributed by atoms with Crippen LogP contribution in [0.2, 0.25) is 0 Å². The van der Waals surface area contributed by atoms with Gasteiger partial charge in [-0.15, -0.1) is 0 Å². The Morgan fingerprint density at radius 2 is 1.88 bits per heavy atom. The van der Waals surface area contributed by atoms with Crippen molar-refractivity contribution in [1.29, 1.82) is 0 Å². The van der Waals surface area contributed by atoms with Crippen molar-refractivity contribution in [3.05, 3.63) is 23.8 Å². The predicted molar refractivity (Wildman–Crippen MR) is 103 cm³/mol. The first-order valence-corrected chi connectivity index (χ1v) is 9.62. The van der Waals surface area contributed by atoms with Gasteiger partial charge in [0.1, 0.15) is 12.7 Å². The first kappa shape index (κ1) is 21.0. The van der Waals surface area contributed by atoms with Gasteiger partial charge in [-0.2, -0.15) is 0 Å². The average molecular weight is 367 g/mol. The number of aliphatic hydroxyl groups is 2. The number of β-amino-alcohol motifs (C(OH)–C–C–N with tert-alkyl or cyclic N) is 1. The standard InChI is InChI=1S/C20H34N2O4/c1-21(11-12-23)14-17-7-8-19(20(13-17)25-2)26-16-18(24)15-22-9-5-3-4-6-10-22/h7-8,13,18,23-24H,3-6,9-12,14-16H2,1-2H3/t18-/m0/s1. The van der Waals surface area contributed by atoms with Crippen LogP contribution in [0.15, 0.2) is 18.2 Å². The first-order chi connectivity index (χ1) is 12.6. The Kier molecular flexibility index (Phi) is 9.18. The molecular weight excluding hydrogens is 332 g/mol.